The van der Waals surface area contributed by atoms with Crippen molar-refractivity contribution in [2.45, 2.75) is 25.8 Å². The van der Waals surface area contributed by atoms with Crippen molar-refractivity contribution >= 4 is 39.8 Å². The molecular formula is C27H22N3O4S-. The van der Waals surface area contributed by atoms with Crippen LogP contribution in [0.4, 0.5) is 0 Å². The van der Waals surface area contributed by atoms with Crippen LogP contribution >= 0.6 is 11.3 Å². The van der Waals surface area contributed by atoms with Crippen LogP contribution in [0.1, 0.15) is 34.9 Å². The molecule has 2 N–H and O–H groups in total. The Morgan fingerprint density at radius 3 is 2.54 bits per heavy atom. The molecule has 0 spiro atoms. The number of pyridine rings is 1. The number of rotatable bonds is 6. The van der Waals surface area contributed by atoms with Crippen LogP contribution in [0.3, 0.4) is 0 Å². The van der Waals surface area contributed by atoms with Gasteiger partial charge in [0.15, 0.2) is 0 Å². The number of benzene rings is 2. The first-order valence-corrected chi connectivity index (χ1v) is 12.1. The second kappa shape index (κ2) is 9.23. The van der Waals surface area contributed by atoms with Crippen molar-refractivity contribution in [2.75, 3.05) is 0 Å². The highest BCUT2D eigenvalue weighted by molar-refractivity contribution is 7.10. The molecule has 7 nitrogen and oxygen atoms in total. The van der Waals surface area contributed by atoms with Crippen molar-refractivity contribution < 1.29 is 14.7 Å². The van der Waals surface area contributed by atoms with Crippen molar-refractivity contribution in [3.8, 4) is 11.1 Å². The van der Waals surface area contributed by atoms with Gasteiger partial charge in [-0.1, -0.05) is 48.0 Å². The summed E-state index contributed by atoms with van der Waals surface area (Å²) in [5.41, 5.74) is 7.16. The third kappa shape index (κ3) is 4.36. The van der Waals surface area contributed by atoms with Gasteiger partial charge in [0.05, 0.1) is 11.3 Å². The molecule has 8 heteroatoms. The van der Waals surface area contributed by atoms with E-state index in [-0.39, 0.29) is 18.4 Å². The standard InChI is InChI=1S/C27H23N3O4S/c1-16-9-10-19-18(14-16)25(17-6-3-2-4-7-17)26(27(34)28-19)20-15-21(22-8-5-13-35-22)30(29-20)23(31)11-12-24(32)33/h2-10,13-15,21,29H,11-12H2,1H3,(H,28,34)(H,32,33)/p-1/t21-/m1/s1. The number of carboxylic acids is 1. The Bertz CT molecular complexity index is 1510. The fourth-order valence-electron chi connectivity index (χ4n) is 4.39. The molecular weight excluding hydrogens is 462 g/mol. The minimum Gasteiger partial charge on any atom is -0.550 e. The van der Waals surface area contributed by atoms with Crippen LogP contribution in [0.15, 0.2) is 76.9 Å². The summed E-state index contributed by atoms with van der Waals surface area (Å²) in [5.74, 6) is -1.68. The molecule has 35 heavy (non-hydrogen) atoms. The largest absolute Gasteiger partial charge is 0.550 e. The molecule has 3 heterocycles. The molecule has 5 rings (SSSR count). The van der Waals surface area contributed by atoms with Crippen LogP contribution in [0.2, 0.25) is 0 Å². The highest BCUT2D eigenvalue weighted by Crippen LogP contribution is 2.38. The average molecular weight is 485 g/mol. The van der Waals surface area contributed by atoms with Crippen LogP contribution in [-0.4, -0.2) is 21.9 Å². The lowest BCUT2D eigenvalue weighted by molar-refractivity contribution is -0.305. The second-order valence-electron chi connectivity index (χ2n) is 8.41. The van der Waals surface area contributed by atoms with Gasteiger partial charge in [-0.15, -0.1) is 11.3 Å². The van der Waals surface area contributed by atoms with Crippen LogP contribution in [0.25, 0.3) is 27.7 Å². The highest BCUT2D eigenvalue weighted by atomic mass is 32.1. The summed E-state index contributed by atoms with van der Waals surface area (Å²) in [6.07, 6.45) is 1.26. The van der Waals surface area contributed by atoms with E-state index in [0.717, 1.165) is 32.5 Å². The van der Waals surface area contributed by atoms with Gasteiger partial charge in [0.2, 0.25) is 5.91 Å². The predicted octanol–water partition coefficient (Wildman–Crippen LogP) is 3.52. The molecule has 0 radical (unpaired) electrons. The minimum atomic E-state index is -1.29. The lowest BCUT2D eigenvalue weighted by atomic mass is 9.93. The smallest absolute Gasteiger partial charge is 0.258 e. The van der Waals surface area contributed by atoms with Crippen LogP contribution in [0.5, 0.6) is 0 Å². The van der Waals surface area contributed by atoms with Crippen LogP contribution < -0.4 is 16.1 Å². The van der Waals surface area contributed by atoms with Gasteiger partial charge < -0.3 is 14.9 Å². The van der Waals surface area contributed by atoms with Crippen LogP contribution in [-0.2, 0) is 9.59 Å². The normalized spacial score (nSPS) is 15.2. The number of nitrogens with one attached hydrogen (secondary N) is 2. The topological polar surface area (TPSA) is 105 Å². The molecule has 4 aromatic rings. The number of fused-ring (bicyclic) bond motifs is 1. The Morgan fingerprint density at radius 2 is 1.83 bits per heavy atom. The van der Waals surface area contributed by atoms with E-state index in [1.807, 2.05) is 79.0 Å². The number of carbonyl (C=O) groups excluding carboxylic acids is 2. The molecule has 0 aliphatic carbocycles. The molecule has 0 unspecified atom stereocenters. The van der Waals surface area contributed by atoms with Gasteiger partial charge in [-0.25, -0.2) is 5.01 Å². The van der Waals surface area contributed by atoms with Gasteiger partial charge in [0.25, 0.3) is 5.56 Å². The fraction of sp³-hybridized carbons (Fsp3) is 0.148. The maximum atomic E-state index is 13.5. The monoisotopic (exact) mass is 484 g/mol. The lowest BCUT2D eigenvalue weighted by Gasteiger charge is -2.25. The number of hydrogen-bond donors (Lipinski definition) is 2. The fourth-order valence-corrected chi connectivity index (χ4v) is 5.18. The summed E-state index contributed by atoms with van der Waals surface area (Å²) in [4.78, 5) is 41.3. The van der Waals surface area contributed by atoms with Crippen LogP contribution in [0, 0.1) is 6.92 Å². The number of aryl methyl sites for hydroxylation is 1. The molecule has 0 saturated carbocycles. The zero-order valence-corrected chi connectivity index (χ0v) is 19.7. The first-order valence-electron chi connectivity index (χ1n) is 11.2. The Morgan fingerprint density at radius 1 is 1.03 bits per heavy atom. The molecule has 1 aliphatic rings. The number of hydrogen-bond acceptors (Lipinski definition) is 6. The summed E-state index contributed by atoms with van der Waals surface area (Å²) < 4.78 is 0. The minimum absolute atomic E-state index is 0.211. The number of amides is 1. The summed E-state index contributed by atoms with van der Waals surface area (Å²) in [7, 11) is 0. The maximum absolute atomic E-state index is 13.5. The Kier molecular flexibility index (Phi) is 5.96. The summed E-state index contributed by atoms with van der Waals surface area (Å²) in [6, 6.07) is 18.9. The van der Waals surface area contributed by atoms with E-state index in [2.05, 4.69) is 10.4 Å². The first-order chi connectivity index (χ1) is 16.9. The van der Waals surface area contributed by atoms with Gasteiger partial charge in [-0.2, -0.15) is 0 Å². The summed E-state index contributed by atoms with van der Waals surface area (Å²) in [5, 5.41) is 15.2. The molecule has 1 aliphatic heterocycles. The van der Waals surface area contributed by atoms with E-state index in [4.69, 9.17) is 0 Å². The van der Waals surface area contributed by atoms with Gasteiger partial charge in [0.1, 0.15) is 6.04 Å². The number of aromatic nitrogens is 1. The number of hydrazine groups is 1. The summed E-state index contributed by atoms with van der Waals surface area (Å²) >= 11 is 1.48. The number of carboxylic acid groups (broad SMARTS) is 1. The van der Waals surface area contributed by atoms with E-state index in [1.54, 1.807) is 0 Å². The SMILES string of the molecule is Cc1ccc2[nH]c(=O)c(C3=C[C@H](c4cccs4)N(C(=O)CCC(=O)[O-])N3)c(-c3ccccc3)c2c1. The first kappa shape index (κ1) is 22.6. The number of nitrogens with zero attached hydrogens (tertiary/aromatic N) is 1. The summed E-state index contributed by atoms with van der Waals surface area (Å²) in [6.45, 7) is 2.00. The van der Waals surface area contributed by atoms with Gasteiger partial charge >= 0.3 is 0 Å². The second-order valence-corrected chi connectivity index (χ2v) is 9.39. The highest BCUT2D eigenvalue weighted by Gasteiger charge is 2.33. The number of thiophene rings is 1. The Balaban J connectivity index is 1.69. The molecule has 176 valence electrons. The number of aromatic amines is 1. The molecule has 0 saturated heterocycles. The van der Waals surface area contributed by atoms with E-state index >= 15 is 0 Å². The quantitative estimate of drug-likeness (QED) is 0.436. The molecule has 0 fully saturated rings. The van der Waals surface area contributed by atoms with Crippen molar-refractivity contribution in [2.24, 2.45) is 0 Å². The van der Waals surface area contributed by atoms with Gasteiger partial charge in [0, 0.05) is 33.7 Å². The van der Waals surface area contributed by atoms with Crippen molar-refractivity contribution in [1.82, 2.24) is 15.4 Å². The third-order valence-electron chi connectivity index (χ3n) is 5.99. The van der Waals surface area contributed by atoms with Gasteiger partial charge in [-0.05, 0) is 48.6 Å². The molecule has 1 atom stereocenters. The zero-order chi connectivity index (χ0) is 24.5. The zero-order valence-electron chi connectivity index (χ0n) is 18.9. The van der Waals surface area contributed by atoms with Crippen molar-refractivity contribution in [3.05, 3.63) is 98.5 Å². The van der Waals surface area contributed by atoms with E-state index < -0.39 is 17.9 Å². The van der Waals surface area contributed by atoms with Gasteiger partial charge in [-0.3, -0.25) is 15.0 Å². The number of carbonyl (C=O) groups is 2. The Labute approximate surface area is 205 Å². The van der Waals surface area contributed by atoms with E-state index in [1.165, 1.54) is 16.3 Å². The molecule has 0 bridgehead atoms. The molecule has 2 aromatic carbocycles. The average Bonchev–Trinajstić information content (AvgIpc) is 3.53. The van der Waals surface area contributed by atoms with Crippen molar-refractivity contribution in [3.63, 3.8) is 0 Å². The number of H-pyrrole nitrogens is 1. The van der Waals surface area contributed by atoms with E-state index in [9.17, 15) is 19.5 Å². The molecule has 1 amide bonds. The number of aliphatic carboxylic acids is 1. The third-order valence-corrected chi connectivity index (χ3v) is 6.93. The lowest BCUT2D eigenvalue weighted by Crippen LogP contribution is -2.40. The van der Waals surface area contributed by atoms with E-state index in [0.29, 0.717) is 11.3 Å². The molecule has 2 aromatic heterocycles. The predicted molar refractivity (Wildman–Crippen MR) is 134 cm³/mol. The van der Waals surface area contributed by atoms with Crippen molar-refractivity contribution in [1.29, 1.82) is 0 Å². The maximum Gasteiger partial charge on any atom is 0.258 e. The Hall–Kier alpha value is -4.17.